The molecule has 14 heavy (non-hydrogen) atoms. The fourth-order valence-electron chi connectivity index (χ4n) is 1.00. The van der Waals surface area contributed by atoms with Gasteiger partial charge in [0, 0.05) is 0 Å². The number of rotatable bonds is 2. The number of aromatic nitrogens is 4. The molecule has 7 nitrogen and oxygen atoms in total. The summed E-state index contributed by atoms with van der Waals surface area (Å²) in [4.78, 5) is 28.5. The summed E-state index contributed by atoms with van der Waals surface area (Å²) in [6.07, 6.45) is 3.02. The standard InChI is InChI=1S/C7H5N5O2/c13-2-5(14)10-7-6-4(11-12-7)1-8-3-9-6/h1-3H,(H2,10,11,12,14). The molecule has 2 aromatic heterocycles. The number of hydrogen-bond donors (Lipinski definition) is 2. The van der Waals surface area contributed by atoms with Crippen LogP contribution in [0.5, 0.6) is 0 Å². The normalized spacial score (nSPS) is 10.0. The second-order valence-electron chi connectivity index (χ2n) is 2.46. The van der Waals surface area contributed by atoms with E-state index in [1.807, 2.05) is 0 Å². The first-order valence-corrected chi connectivity index (χ1v) is 3.71. The minimum atomic E-state index is -0.767. The Morgan fingerprint density at radius 2 is 2.43 bits per heavy atom. The zero-order valence-corrected chi connectivity index (χ0v) is 6.89. The molecule has 2 N–H and O–H groups in total. The molecule has 0 fully saturated rings. The zero-order chi connectivity index (χ0) is 9.97. The SMILES string of the molecule is O=CC(=O)Nc1n[nH]c2cncnc12. The first-order valence-electron chi connectivity index (χ1n) is 3.71. The van der Waals surface area contributed by atoms with Crippen molar-refractivity contribution < 1.29 is 9.59 Å². The highest BCUT2D eigenvalue weighted by molar-refractivity contribution is 6.30. The van der Waals surface area contributed by atoms with Crippen LogP contribution in [0.3, 0.4) is 0 Å². The van der Waals surface area contributed by atoms with Gasteiger partial charge >= 0.3 is 0 Å². The number of nitrogens with one attached hydrogen (secondary N) is 2. The van der Waals surface area contributed by atoms with E-state index >= 15 is 0 Å². The summed E-state index contributed by atoms with van der Waals surface area (Å²) in [5.74, 6) is -0.545. The van der Waals surface area contributed by atoms with Gasteiger partial charge in [-0.05, 0) is 0 Å². The van der Waals surface area contributed by atoms with E-state index in [-0.39, 0.29) is 12.1 Å². The van der Waals surface area contributed by atoms with Crippen molar-refractivity contribution in [1.29, 1.82) is 0 Å². The molecule has 0 aliphatic carbocycles. The van der Waals surface area contributed by atoms with Crippen LogP contribution in [0.4, 0.5) is 5.82 Å². The molecule has 2 heterocycles. The van der Waals surface area contributed by atoms with Crippen LogP contribution in [-0.4, -0.2) is 32.4 Å². The van der Waals surface area contributed by atoms with Crippen molar-refractivity contribution >= 4 is 29.0 Å². The number of H-pyrrole nitrogens is 1. The van der Waals surface area contributed by atoms with Crippen LogP contribution in [0.2, 0.25) is 0 Å². The molecule has 7 heteroatoms. The van der Waals surface area contributed by atoms with Crippen molar-refractivity contribution in [3.63, 3.8) is 0 Å². The maximum Gasteiger partial charge on any atom is 0.289 e. The van der Waals surface area contributed by atoms with Gasteiger partial charge in [-0.15, -0.1) is 0 Å². The molecule has 0 aromatic carbocycles. The minimum Gasteiger partial charge on any atom is -0.301 e. The Morgan fingerprint density at radius 1 is 1.57 bits per heavy atom. The van der Waals surface area contributed by atoms with Crippen molar-refractivity contribution in [2.45, 2.75) is 0 Å². The molecule has 1 amide bonds. The molecule has 0 saturated heterocycles. The Balaban J connectivity index is 2.43. The highest BCUT2D eigenvalue weighted by atomic mass is 16.2. The maximum absolute atomic E-state index is 10.7. The highest BCUT2D eigenvalue weighted by Gasteiger charge is 2.08. The second kappa shape index (κ2) is 3.21. The molecule has 0 atom stereocenters. The van der Waals surface area contributed by atoms with Gasteiger partial charge in [-0.3, -0.25) is 14.7 Å². The van der Waals surface area contributed by atoms with Gasteiger partial charge in [-0.1, -0.05) is 0 Å². The van der Waals surface area contributed by atoms with E-state index in [9.17, 15) is 9.59 Å². The third-order valence-electron chi connectivity index (χ3n) is 1.57. The lowest BCUT2D eigenvalue weighted by Crippen LogP contribution is -2.12. The van der Waals surface area contributed by atoms with Gasteiger partial charge < -0.3 is 5.32 Å². The average Bonchev–Trinajstić information content (AvgIpc) is 2.62. The van der Waals surface area contributed by atoms with Crippen molar-refractivity contribution in [1.82, 2.24) is 20.2 Å². The molecular formula is C7H5N5O2. The highest BCUT2D eigenvalue weighted by Crippen LogP contribution is 2.15. The van der Waals surface area contributed by atoms with Crippen LogP contribution >= 0.6 is 0 Å². The number of aldehydes is 1. The molecule has 0 aliphatic rings. The predicted molar refractivity (Wildman–Crippen MR) is 46.4 cm³/mol. The fraction of sp³-hybridized carbons (Fsp3) is 0. The number of carbonyl (C=O) groups is 2. The Morgan fingerprint density at radius 3 is 3.21 bits per heavy atom. The molecule has 0 unspecified atom stereocenters. The number of hydrogen-bond acceptors (Lipinski definition) is 5. The van der Waals surface area contributed by atoms with Gasteiger partial charge in [0.25, 0.3) is 5.91 Å². The first-order chi connectivity index (χ1) is 6.81. The van der Waals surface area contributed by atoms with Crippen LogP contribution < -0.4 is 5.32 Å². The van der Waals surface area contributed by atoms with Gasteiger partial charge in [0.1, 0.15) is 17.4 Å². The van der Waals surface area contributed by atoms with E-state index in [1.165, 1.54) is 12.5 Å². The van der Waals surface area contributed by atoms with E-state index in [4.69, 9.17) is 0 Å². The third kappa shape index (κ3) is 1.30. The largest absolute Gasteiger partial charge is 0.301 e. The summed E-state index contributed by atoms with van der Waals surface area (Å²) in [6, 6.07) is 0. The van der Waals surface area contributed by atoms with Crippen molar-refractivity contribution in [2.75, 3.05) is 5.32 Å². The number of aromatic amines is 1. The Bertz CT molecular complexity index is 492. The van der Waals surface area contributed by atoms with Gasteiger partial charge in [-0.25, -0.2) is 9.97 Å². The van der Waals surface area contributed by atoms with Gasteiger partial charge in [-0.2, -0.15) is 5.10 Å². The molecule has 0 radical (unpaired) electrons. The Kier molecular flexibility index (Phi) is 1.90. The molecule has 0 saturated carbocycles. The Labute approximate surface area is 77.6 Å². The molecule has 2 aromatic rings. The number of anilines is 1. The fourth-order valence-corrected chi connectivity index (χ4v) is 1.00. The summed E-state index contributed by atoms with van der Waals surface area (Å²) in [6.45, 7) is 0. The van der Waals surface area contributed by atoms with E-state index in [0.717, 1.165) is 0 Å². The lowest BCUT2D eigenvalue weighted by atomic mass is 10.4. The maximum atomic E-state index is 10.7. The molecule has 0 bridgehead atoms. The lowest BCUT2D eigenvalue weighted by Gasteiger charge is -1.93. The van der Waals surface area contributed by atoms with Crippen LogP contribution in [0.1, 0.15) is 0 Å². The molecule has 0 aliphatic heterocycles. The Hall–Kier alpha value is -2.31. The van der Waals surface area contributed by atoms with Crippen LogP contribution in [0.15, 0.2) is 12.5 Å². The zero-order valence-electron chi connectivity index (χ0n) is 6.89. The lowest BCUT2D eigenvalue weighted by molar-refractivity contribution is -0.127. The quantitative estimate of drug-likeness (QED) is 0.491. The molecule has 2 rings (SSSR count). The number of nitrogens with zero attached hydrogens (tertiary/aromatic N) is 3. The van der Waals surface area contributed by atoms with Gasteiger partial charge in [0.2, 0.25) is 6.29 Å². The number of amides is 1. The second-order valence-corrected chi connectivity index (χ2v) is 2.46. The number of fused-ring (bicyclic) bond motifs is 1. The monoisotopic (exact) mass is 191 g/mol. The number of carbonyl (C=O) groups excluding carboxylic acids is 2. The van der Waals surface area contributed by atoms with E-state index in [0.29, 0.717) is 11.0 Å². The van der Waals surface area contributed by atoms with Crippen LogP contribution in [0, 0.1) is 0 Å². The molecule has 70 valence electrons. The van der Waals surface area contributed by atoms with Crippen molar-refractivity contribution in [3.05, 3.63) is 12.5 Å². The predicted octanol–water partition coefficient (Wildman–Crippen LogP) is -0.510. The summed E-state index contributed by atoms with van der Waals surface area (Å²) in [7, 11) is 0. The van der Waals surface area contributed by atoms with E-state index in [2.05, 4.69) is 25.5 Å². The first kappa shape index (κ1) is 8.30. The van der Waals surface area contributed by atoms with Gasteiger partial charge in [0.15, 0.2) is 5.82 Å². The topological polar surface area (TPSA) is 101 Å². The summed E-state index contributed by atoms with van der Waals surface area (Å²) >= 11 is 0. The van der Waals surface area contributed by atoms with Crippen LogP contribution in [-0.2, 0) is 9.59 Å². The summed E-state index contributed by atoms with van der Waals surface area (Å²) in [5, 5.41) is 8.65. The smallest absolute Gasteiger partial charge is 0.289 e. The average molecular weight is 191 g/mol. The van der Waals surface area contributed by atoms with Crippen LogP contribution in [0.25, 0.3) is 11.0 Å². The van der Waals surface area contributed by atoms with Crippen molar-refractivity contribution in [2.24, 2.45) is 0 Å². The summed E-state index contributed by atoms with van der Waals surface area (Å²) < 4.78 is 0. The summed E-state index contributed by atoms with van der Waals surface area (Å²) in [5.41, 5.74) is 1.06. The van der Waals surface area contributed by atoms with Gasteiger partial charge in [0.05, 0.1) is 6.20 Å². The molecule has 0 spiro atoms. The third-order valence-corrected chi connectivity index (χ3v) is 1.57. The molecular weight excluding hydrogens is 186 g/mol. The van der Waals surface area contributed by atoms with E-state index in [1.54, 1.807) is 0 Å². The minimum absolute atomic E-state index is 0.168. The van der Waals surface area contributed by atoms with Crippen molar-refractivity contribution in [3.8, 4) is 0 Å². The van der Waals surface area contributed by atoms with E-state index < -0.39 is 5.91 Å².